The first-order valence-electron chi connectivity index (χ1n) is 16.1. The Balaban J connectivity index is 1.26. The highest BCUT2D eigenvalue weighted by Gasteiger charge is 2.48. The lowest BCUT2D eigenvalue weighted by atomic mass is 9.69. The maximum absolute atomic E-state index is 15.3. The quantitative estimate of drug-likeness (QED) is 0.219. The summed E-state index contributed by atoms with van der Waals surface area (Å²) in [6.07, 6.45) is 1.60. The average molecular weight is 635 g/mol. The Morgan fingerprint density at radius 2 is 1.51 bits per heavy atom. The maximum Gasteiger partial charge on any atom is 0.163 e. The lowest BCUT2D eigenvalue weighted by molar-refractivity contribution is -0.119. The number of hydrogen-bond acceptors (Lipinski definition) is 6. The molecule has 8 nitrogen and oxygen atoms in total. The summed E-state index contributed by atoms with van der Waals surface area (Å²) >= 11 is 0. The van der Waals surface area contributed by atoms with Crippen LogP contribution < -0.4 is 10.6 Å². The first-order valence-corrected chi connectivity index (χ1v) is 16.1. The van der Waals surface area contributed by atoms with E-state index in [4.69, 9.17) is 5.10 Å². The van der Waals surface area contributed by atoms with E-state index in [0.717, 1.165) is 28.2 Å². The van der Waals surface area contributed by atoms with Crippen LogP contribution in [-0.2, 0) is 15.1 Å². The van der Waals surface area contributed by atoms with Crippen molar-refractivity contribution in [3.63, 3.8) is 0 Å². The summed E-state index contributed by atoms with van der Waals surface area (Å²) in [6.45, 7) is 9.98. The smallest absolute Gasteiger partial charge is 0.163 e. The molecule has 0 amide bonds. The van der Waals surface area contributed by atoms with E-state index < -0.39 is 17.4 Å². The highest BCUT2D eigenvalue weighted by atomic mass is 19.1. The summed E-state index contributed by atoms with van der Waals surface area (Å²) < 4.78 is 31.9. The number of H-pyrrole nitrogens is 1. The number of aromatic nitrogens is 4. The molecule has 3 N–H and O–H groups in total. The summed E-state index contributed by atoms with van der Waals surface area (Å²) in [4.78, 5) is 28.1. The number of allylic oxidation sites excluding steroid dienone is 4. The maximum atomic E-state index is 15.3. The molecule has 4 aromatic rings. The van der Waals surface area contributed by atoms with Crippen molar-refractivity contribution >= 4 is 23.2 Å². The van der Waals surface area contributed by atoms with Crippen molar-refractivity contribution in [3.8, 4) is 0 Å². The number of anilines is 2. The number of carbonyl (C=O) groups is 2. The van der Waals surface area contributed by atoms with E-state index in [1.165, 1.54) is 18.2 Å². The molecule has 2 aliphatic heterocycles. The molecule has 2 aliphatic carbocycles. The second-order valence-corrected chi connectivity index (χ2v) is 14.6. The van der Waals surface area contributed by atoms with Gasteiger partial charge in [-0.15, -0.1) is 0 Å². The van der Waals surface area contributed by atoms with E-state index in [1.54, 1.807) is 24.3 Å². The molecule has 47 heavy (non-hydrogen) atoms. The minimum Gasteiger partial charge on any atom is -0.342 e. The number of Topliss-reactive ketones (excluding diaryl/α,β-unsaturated/α-hetero) is 2. The number of fused-ring (bicyclic) bond motifs is 2. The molecular formula is C37H36F2N6O2. The third kappa shape index (κ3) is 4.44. The number of ketones is 2. The molecule has 240 valence electrons. The molecule has 2 aromatic heterocycles. The van der Waals surface area contributed by atoms with Crippen LogP contribution in [0.25, 0.3) is 0 Å². The second-order valence-electron chi connectivity index (χ2n) is 14.6. The first-order chi connectivity index (χ1) is 22.3. The fraction of sp³-hybridized carbons (Fsp3) is 0.351. The molecular weight excluding hydrogens is 598 g/mol. The number of rotatable bonds is 3. The van der Waals surface area contributed by atoms with Gasteiger partial charge in [-0.05, 0) is 56.4 Å². The number of hydrogen-bond donors (Lipinski definition) is 3. The summed E-state index contributed by atoms with van der Waals surface area (Å²) in [7, 11) is 0. The number of nitrogens with zero attached hydrogens (tertiary/aromatic N) is 3. The van der Waals surface area contributed by atoms with Gasteiger partial charge in [0, 0.05) is 81.7 Å². The zero-order valence-corrected chi connectivity index (χ0v) is 27.0. The standard InChI is InChI=1S/C37H36F2N6O2/c1-18-28-31(22-11-6-7-12-23(22)39)33-25(40-34(28)43-42-18)15-37(5,17-27(33)47)45-19(2)29-30(20-9-8-10-21(38)13-20)32-24(41-35(29)44-45)14-36(3,4)16-26(32)46/h6-13,30-31H,14-17H2,1-5H3,(H,41,44)(H2,40,42,43). The number of carbonyl (C=O) groups excluding carboxylic acids is 2. The van der Waals surface area contributed by atoms with Gasteiger partial charge in [0.15, 0.2) is 23.2 Å². The normalized spacial score (nSPS) is 24.7. The topological polar surface area (TPSA) is 105 Å². The van der Waals surface area contributed by atoms with E-state index >= 15 is 4.39 Å². The Hall–Kier alpha value is -4.86. The van der Waals surface area contributed by atoms with Crippen LogP contribution in [0.5, 0.6) is 0 Å². The van der Waals surface area contributed by atoms with Crippen LogP contribution in [-0.4, -0.2) is 31.5 Å². The monoisotopic (exact) mass is 634 g/mol. The zero-order valence-electron chi connectivity index (χ0n) is 27.0. The molecule has 3 atom stereocenters. The Morgan fingerprint density at radius 1 is 0.809 bits per heavy atom. The average Bonchev–Trinajstić information content (AvgIpc) is 3.54. The Bertz CT molecular complexity index is 2100. The predicted molar refractivity (Wildman–Crippen MR) is 174 cm³/mol. The number of aryl methyl sites for hydroxylation is 1. The third-order valence-electron chi connectivity index (χ3n) is 10.4. The molecule has 4 heterocycles. The van der Waals surface area contributed by atoms with Gasteiger partial charge in [0.1, 0.15) is 11.6 Å². The molecule has 4 aliphatic rings. The van der Waals surface area contributed by atoms with E-state index in [9.17, 15) is 14.0 Å². The van der Waals surface area contributed by atoms with E-state index in [0.29, 0.717) is 58.9 Å². The fourth-order valence-corrected chi connectivity index (χ4v) is 8.50. The van der Waals surface area contributed by atoms with Crippen molar-refractivity contribution in [1.82, 2.24) is 20.0 Å². The largest absolute Gasteiger partial charge is 0.342 e. The van der Waals surface area contributed by atoms with Crippen LogP contribution in [0, 0.1) is 30.9 Å². The minimum atomic E-state index is -0.801. The van der Waals surface area contributed by atoms with Crippen LogP contribution in [0.2, 0.25) is 0 Å². The van der Waals surface area contributed by atoms with Gasteiger partial charge >= 0.3 is 0 Å². The lowest BCUT2D eigenvalue weighted by Crippen LogP contribution is -2.42. The number of halogens is 2. The van der Waals surface area contributed by atoms with Gasteiger partial charge in [0.25, 0.3) is 0 Å². The fourth-order valence-electron chi connectivity index (χ4n) is 8.50. The Morgan fingerprint density at radius 3 is 2.28 bits per heavy atom. The van der Waals surface area contributed by atoms with Gasteiger partial charge in [-0.3, -0.25) is 19.4 Å². The highest BCUT2D eigenvalue weighted by molar-refractivity contribution is 6.02. The summed E-state index contributed by atoms with van der Waals surface area (Å²) in [5.41, 5.74) is 5.92. The van der Waals surface area contributed by atoms with E-state index in [1.807, 2.05) is 31.5 Å². The lowest BCUT2D eigenvalue weighted by Gasteiger charge is -2.40. The minimum absolute atomic E-state index is 0.0420. The molecule has 0 saturated heterocycles. The van der Waals surface area contributed by atoms with Crippen molar-refractivity contribution in [1.29, 1.82) is 0 Å². The SMILES string of the molecule is Cc1[nH]nc2c1C(c1ccccc1F)C1=C(CC(C)(n3nc4c(c3C)C(c3cccc(F)c3)C3=C(CC(C)(C)CC3=O)N4)CC1=O)N2. The summed E-state index contributed by atoms with van der Waals surface area (Å²) in [6, 6.07) is 13.0. The van der Waals surface area contributed by atoms with Gasteiger partial charge in [-0.25, -0.2) is 8.78 Å². The van der Waals surface area contributed by atoms with Crippen LogP contribution in [0.3, 0.4) is 0 Å². The number of nitrogens with one attached hydrogen (secondary N) is 3. The predicted octanol–water partition coefficient (Wildman–Crippen LogP) is 7.29. The van der Waals surface area contributed by atoms with E-state index in [-0.39, 0.29) is 35.0 Å². The van der Waals surface area contributed by atoms with Gasteiger partial charge in [0.2, 0.25) is 0 Å². The first kappa shape index (κ1) is 29.5. The zero-order chi connectivity index (χ0) is 33.0. The van der Waals surface area contributed by atoms with Crippen molar-refractivity contribution in [3.05, 3.63) is 116 Å². The number of aromatic amines is 1. The van der Waals surface area contributed by atoms with Gasteiger partial charge in [0.05, 0.1) is 5.54 Å². The van der Waals surface area contributed by atoms with Gasteiger partial charge in [-0.1, -0.05) is 44.2 Å². The van der Waals surface area contributed by atoms with Crippen LogP contribution >= 0.6 is 0 Å². The van der Waals surface area contributed by atoms with Crippen LogP contribution in [0.4, 0.5) is 20.4 Å². The molecule has 3 unspecified atom stereocenters. The molecule has 0 bridgehead atoms. The molecule has 0 radical (unpaired) electrons. The van der Waals surface area contributed by atoms with Gasteiger partial charge in [-0.2, -0.15) is 10.2 Å². The molecule has 8 rings (SSSR count). The third-order valence-corrected chi connectivity index (χ3v) is 10.4. The highest BCUT2D eigenvalue weighted by Crippen LogP contribution is 2.53. The Kier molecular flexibility index (Phi) is 6.33. The molecule has 0 spiro atoms. The van der Waals surface area contributed by atoms with Crippen molar-refractivity contribution in [2.24, 2.45) is 5.41 Å². The van der Waals surface area contributed by atoms with Crippen molar-refractivity contribution in [2.75, 3.05) is 10.6 Å². The van der Waals surface area contributed by atoms with E-state index in [2.05, 4.69) is 34.7 Å². The molecule has 0 saturated carbocycles. The summed E-state index contributed by atoms with van der Waals surface area (Å²) in [5, 5.41) is 19.5. The number of benzene rings is 2. The van der Waals surface area contributed by atoms with Crippen LogP contribution in [0.15, 0.2) is 71.1 Å². The van der Waals surface area contributed by atoms with Crippen molar-refractivity contribution < 1.29 is 18.4 Å². The van der Waals surface area contributed by atoms with Crippen molar-refractivity contribution in [2.45, 2.75) is 77.7 Å². The Labute approximate surface area is 271 Å². The molecule has 10 heteroatoms. The second kappa shape index (κ2) is 10.1. The van der Waals surface area contributed by atoms with Crippen LogP contribution in [0.1, 0.15) is 91.9 Å². The van der Waals surface area contributed by atoms with Gasteiger partial charge < -0.3 is 10.6 Å². The molecule has 0 fully saturated rings. The summed E-state index contributed by atoms with van der Waals surface area (Å²) in [5.74, 6) is -0.719. The molecule has 2 aromatic carbocycles.